The molecule has 0 radical (unpaired) electrons. The van der Waals surface area contributed by atoms with Crippen LogP contribution in [0.15, 0.2) is 6.20 Å². The predicted octanol–water partition coefficient (Wildman–Crippen LogP) is 1.09. The second kappa shape index (κ2) is 3.98. The number of aliphatic hydroxyl groups excluding tert-OH is 1. The Morgan fingerprint density at radius 2 is 2.21 bits per heavy atom. The van der Waals surface area contributed by atoms with E-state index in [1.165, 1.54) is 6.07 Å². The van der Waals surface area contributed by atoms with Crippen LogP contribution in [0.2, 0.25) is 0 Å². The zero-order valence-corrected chi connectivity index (χ0v) is 6.91. The molecule has 0 saturated heterocycles. The van der Waals surface area contributed by atoms with Crippen LogP contribution in [0.1, 0.15) is 23.2 Å². The van der Waals surface area contributed by atoms with Gasteiger partial charge in [-0.05, 0) is 0 Å². The average molecular weight is 200 g/mol. The van der Waals surface area contributed by atoms with E-state index in [9.17, 15) is 13.9 Å². The van der Waals surface area contributed by atoms with Crippen LogP contribution in [-0.4, -0.2) is 15.2 Å². The molecule has 0 fully saturated rings. The van der Waals surface area contributed by atoms with Gasteiger partial charge in [-0.25, -0.2) is 8.78 Å². The molecule has 0 spiro atoms. The van der Waals surface area contributed by atoms with Gasteiger partial charge in [0.15, 0.2) is 5.75 Å². The maximum Gasteiger partial charge on any atom is 0.266 e. The number of halogens is 2. The van der Waals surface area contributed by atoms with Gasteiger partial charge in [-0.2, -0.15) is 5.26 Å². The van der Waals surface area contributed by atoms with Gasteiger partial charge >= 0.3 is 0 Å². The molecular formula is C8H6F2N2O2. The zero-order valence-electron chi connectivity index (χ0n) is 6.91. The number of hydrogen-bond donors (Lipinski definition) is 2. The molecule has 14 heavy (non-hydrogen) atoms. The molecule has 0 atom stereocenters. The van der Waals surface area contributed by atoms with Crippen LogP contribution in [0.4, 0.5) is 8.78 Å². The van der Waals surface area contributed by atoms with Crippen LogP contribution >= 0.6 is 0 Å². The molecule has 0 unspecified atom stereocenters. The molecule has 1 rings (SSSR count). The Labute approximate surface area is 78.1 Å². The van der Waals surface area contributed by atoms with Crippen molar-refractivity contribution in [1.82, 2.24) is 4.98 Å². The number of nitriles is 1. The molecule has 0 bridgehead atoms. The molecule has 2 N–H and O–H groups in total. The molecule has 0 saturated carbocycles. The first-order valence-electron chi connectivity index (χ1n) is 3.61. The Hall–Kier alpha value is -1.74. The average Bonchev–Trinajstić information content (AvgIpc) is 2.17. The minimum Gasteiger partial charge on any atom is -0.505 e. The molecule has 74 valence electrons. The molecule has 0 amide bonds. The van der Waals surface area contributed by atoms with E-state index in [1.54, 1.807) is 0 Å². The lowest BCUT2D eigenvalue weighted by Crippen LogP contribution is -1.98. The van der Waals surface area contributed by atoms with E-state index >= 15 is 0 Å². The van der Waals surface area contributed by atoms with E-state index in [-0.39, 0.29) is 5.69 Å². The Morgan fingerprint density at radius 1 is 1.57 bits per heavy atom. The quantitative estimate of drug-likeness (QED) is 0.749. The SMILES string of the molecule is N#Cc1c(C(F)F)cnc(CO)c1O. The second-order valence-electron chi connectivity index (χ2n) is 2.45. The lowest BCUT2D eigenvalue weighted by Gasteiger charge is -2.06. The van der Waals surface area contributed by atoms with E-state index < -0.39 is 29.9 Å². The summed E-state index contributed by atoms with van der Waals surface area (Å²) < 4.78 is 24.5. The first-order valence-corrected chi connectivity index (χ1v) is 3.61. The fraction of sp³-hybridized carbons (Fsp3) is 0.250. The van der Waals surface area contributed by atoms with E-state index in [0.717, 1.165) is 6.20 Å². The van der Waals surface area contributed by atoms with Gasteiger partial charge in [-0.3, -0.25) is 4.98 Å². The maximum atomic E-state index is 12.3. The standard InChI is InChI=1S/C8H6F2N2O2/c9-8(10)5-2-12-6(3-13)7(14)4(5)1-11/h2,8,13-14H,3H2. The number of hydrogen-bond acceptors (Lipinski definition) is 4. The molecule has 0 aromatic carbocycles. The number of rotatable bonds is 2. The summed E-state index contributed by atoms with van der Waals surface area (Å²) in [6, 6.07) is 1.44. The molecule has 1 aromatic heterocycles. The Balaban J connectivity index is 3.38. The van der Waals surface area contributed by atoms with E-state index in [4.69, 9.17) is 10.4 Å². The Kier molecular flexibility index (Phi) is 2.94. The van der Waals surface area contributed by atoms with Gasteiger partial charge in [0.25, 0.3) is 6.43 Å². The van der Waals surface area contributed by atoms with Crippen LogP contribution in [0, 0.1) is 11.3 Å². The van der Waals surface area contributed by atoms with Gasteiger partial charge in [-0.1, -0.05) is 0 Å². The van der Waals surface area contributed by atoms with Crippen molar-refractivity contribution < 1.29 is 19.0 Å². The summed E-state index contributed by atoms with van der Waals surface area (Å²) in [5.74, 6) is -0.687. The summed E-state index contributed by atoms with van der Waals surface area (Å²) in [5.41, 5.74) is -1.37. The highest BCUT2D eigenvalue weighted by Crippen LogP contribution is 2.29. The van der Waals surface area contributed by atoms with Crippen LogP contribution in [0.5, 0.6) is 5.75 Å². The van der Waals surface area contributed by atoms with Gasteiger partial charge in [0.1, 0.15) is 17.3 Å². The van der Waals surface area contributed by atoms with Crippen molar-refractivity contribution in [2.45, 2.75) is 13.0 Å². The van der Waals surface area contributed by atoms with Crippen molar-refractivity contribution in [1.29, 1.82) is 5.26 Å². The number of aromatic nitrogens is 1. The molecule has 1 heterocycles. The summed E-state index contributed by atoms with van der Waals surface area (Å²) in [6.45, 7) is -0.607. The summed E-state index contributed by atoms with van der Waals surface area (Å²) >= 11 is 0. The molecule has 1 aromatic rings. The predicted molar refractivity (Wildman–Crippen MR) is 41.5 cm³/mol. The summed E-state index contributed by atoms with van der Waals surface area (Å²) in [6.07, 6.45) is -2.11. The van der Waals surface area contributed by atoms with Crippen LogP contribution in [0.3, 0.4) is 0 Å². The molecule has 0 aliphatic carbocycles. The van der Waals surface area contributed by atoms with Crippen LogP contribution in [0.25, 0.3) is 0 Å². The van der Waals surface area contributed by atoms with E-state index in [2.05, 4.69) is 4.98 Å². The highest BCUT2D eigenvalue weighted by Gasteiger charge is 2.19. The van der Waals surface area contributed by atoms with Gasteiger partial charge in [-0.15, -0.1) is 0 Å². The maximum absolute atomic E-state index is 12.3. The van der Waals surface area contributed by atoms with E-state index in [1.807, 2.05) is 0 Å². The number of aromatic hydroxyl groups is 1. The normalized spacial score (nSPS) is 10.2. The second-order valence-corrected chi connectivity index (χ2v) is 2.45. The summed E-state index contributed by atoms with van der Waals surface area (Å²) in [7, 11) is 0. The first kappa shape index (κ1) is 10.3. The van der Waals surface area contributed by atoms with Crippen molar-refractivity contribution in [2.24, 2.45) is 0 Å². The van der Waals surface area contributed by atoms with Crippen molar-refractivity contribution in [3.63, 3.8) is 0 Å². The summed E-state index contributed by atoms with van der Waals surface area (Å²) in [4.78, 5) is 3.40. The lowest BCUT2D eigenvalue weighted by molar-refractivity contribution is 0.150. The van der Waals surface area contributed by atoms with Gasteiger partial charge < -0.3 is 10.2 Å². The van der Waals surface area contributed by atoms with Crippen molar-refractivity contribution in [2.75, 3.05) is 0 Å². The van der Waals surface area contributed by atoms with Gasteiger partial charge in [0.2, 0.25) is 0 Å². The number of pyridine rings is 1. The third kappa shape index (κ3) is 1.63. The highest BCUT2D eigenvalue weighted by atomic mass is 19.3. The fourth-order valence-corrected chi connectivity index (χ4v) is 0.953. The molecular weight excluding hydrogens is 194 g/mol. The molecule has 0 aliphatic rings. The van der Waals surface area contributed by atoms with E-state index in [0.29, 0.717) is 0 Å². The third-order valence-corrected chi connectivity index (χ3v) is 1.65. The minimum absolute atomic E-state index is 0.189. The van der Waals surface area contributed by atoms with Crippen LogP contribution < -0.4 is 0 Å². The monoisotopic (exact) mass is 200 g/mol. The minimum atomic E-state index is -2.88. The van der Waals surface area contributed by atoms with Gasteiger partial charge in [0.05, 0.1) is 12.2 Å². The fourth-order valence-electron chi connectivity index (χ4n) is 0.953. The zero-order chi connectivity index (χ0) is 10.7. The largest absolute Gasteiger partial charge is 0.505 e. The van der Waals surface area contributed by atoms with Crippen molar-refractivity contribution in [3.05, 3.63) is 23.0 Å². The lowest BCUT2D eigenvalue weighted by atomic mass is 10.1. The van der Waals surface area contributed by atoms with Gasteiger partial charge in [0, 0.05) is 6.20 Å². The Bertz CT molecular complexity index is 388. The molecule has 0 aliphatic heterocycles. The van der Waals surface area contributed by atoms with Crippen LogP contribution in [-0.2, 0) is 6.61 Å². The molecule has 4 nitrogen and oxygen atoms in total. The van der Waals surface area contributed by atoms with Crippen molar-refractivity contribution >= 4 is 0 Å². The van der Waals surface area contributed by atoms with Crippen molar-refractivity contribution in [3.8, 4) is 11.8 Å². The molecule has 6 heteroatoms. The third-order valence-electron chi connectivity index (χ3n) is 1.65. The first-order chi connectivity index (χ1) is 6.61. The topological polar surface area (TPSA) is 77.1 Å². The Morgan fingerprint density at radius 3 is 2.64 bits per heavy atom. The number of aliphatic hydroxyl groups is 1. The number of nitrogens with zero attached hydrogens (tertiary/aromatic N) is 2. The smallest absolute Gasteiger partial charge is 0.266 e. The number of alkyl halides is 2. The summed E-state index contributed by atoms with van der Waals surface area (Å²) in [5, 5.41) is 26.4. The highest BCUT2D eigenvalue weighted by molar-refractivity contribution is 5.49.